The smallest absolute Gasteiger partial charge is 0.355 e. The van der Waals surface area contributed by atoms with Crippen molar-refractivity contribution in [3.63, 3.8) is 0 Å². The summed E-state index contributed by atoms with van der Waals surface area (Å²) in [4.78, 5) is 97.8. The van der Waals surface area contributed by atoms with Gasteiger partial charge in [0.2, 0.25) is 17.4 Å². The van der Waals surface area contributed by atoms with Gasteiger partial charge in [0.25, 0.3) is 5.91 Å². The van der Waals surface area contributed by atoms with Gasteiger partial charge in [-0.1, -0.05) is 62.3 Å². The lowest BCUT2D eigenvalue weighted by Gasteiger charge is -2.50. The Morgan fingerprint density at radius 3 is 1.93 bits per heavy atom. The number of hydrogen-bond acceptors (Lipinski definition) is 19. The molecule has 3 aliphatic heterocycles. The van der Waals surface area contributed by atoms with E-state index in [9.17, 15) is 33.0 Å². The first-order chi connectivity index (χ1) is 43.7. The number of ketones is 1. The molecule has 2 fully saturated rings. The summed E-state index contributed by atoms with van der Waals surface area (Å²) in [6, 6.07) is 27.8. The molecular formula is C67H77N6O16S2+. The van der Waals surface area contributed by atoms with Crippen LogP contribution in [0.3, 0.4) is 0 Å². The summed E-state index contributed by atoms with van der Waals surface area (Å²) in [6.45, 7) is 9.42. The fourth-order valence-corrected chi connectivity index (χ4v) is 13.6. The molecule has 91 heavy (non-hydrogen) atoms. The predicted molar refractivity (Wildman–Crippen MR) is 340 cm³/mol. The number of nitrogens with zero attached hydrogens (tertiary/aromatic N) is 5. The topological polar surface area (TPSA) is 248 Å². The summed E-state index contributed by atoms with van der Waals surface area (Å²) in [5.41, 5.74) is 2.26. The Morgan fingerprint density at radius 2 is 1.36 bits per heavy atom. The van der Waals surface area contributed by atoms with Crippen molar-refractivity contribution in [2.45, 2.75) is 91.2 Å². The number of Topliss-reactive ketones (excluding diaryl/α,β-unsaturated/α-hetero) is 1. The van der Waals surface area contributed by atoms with Crippen molar-refractivity contribution in [2.75, 3.05) is 74.0 Å². The van der Waals surface area contributed by atoms with E-state index in [1.54, 1.807) is 118 Å². The number of rotatable bonds is 29. The van der Waals surface area contributed by atoms with E-state index >= 15 is 0 Å². The standard InChI is InChI=1S/C67H76N6O16S2/c1-42-69-53(40-90-42)60(70-89-58(33-67(2,3)4)65(78)87-38-44-14-21-49(82-6)22-15-44)56(75)31-52-63(77)72-61(66(79)88-39-45-16-23-50(83-7)24-17-45)47(41-91(80)64(52)72)36-73(27-10-11-28-73)29-26-68-62(76)54-32-55(74)59(86-37-43-12-19-48(81-5)20-13-43)35-71(54)34-46-18-25-51(84-8)30-57(46)85-9/h12-25,30,32,35,40,52,58,64H,10-11,26-29,31,33-34,36-39,41H2,1-9H3/p+1/b70-60-/t52-,58+,64-,91?/m1/s1. The van der Waals surface area contributed by atoms with E-state index in [0.29, 0.717) is 80.1 Å². The predicted octanol–water partition coefficient (Wildman–Crippen LogP) is 8.10. The van der Waals surface area contributed by atoms with Gasteiger partial charge in [0, 0.05) is 65.1 Å². The summed E-state index contributed by atoms with van der Waals surface area (Å²) < 4.78 is 61.5. The fourth-order valence-electron chi connectivity index (χ4n) is 11.3. The SMILES string of the molecule is COc1ccc(COC(=O)C2=C(C[N+]3(CCNC(=O)c4cc(=O)c(OCc5ccc(OC)cc5)cn4Cc4ccc(OC)cc4OC)CCCC3)CS(=O)[C@@H]3[C@H](CC(=O)/C(=N\O[C@@H](CC(C)(C)C)C(=O)OCc4ccc(OC)cc4)c4csc(C)n4)C(=O)N23)cc1. The normalized spacial score (nSPS) is 17.2. The zero-order valence-electron chi connectivity index (χ0n) is 52.6. The summed E-state index contributed by atoms with van der Waals surface area (Å²) in [6.07, 6.45) is 1.58. The Labute approximate surface area is 535 Å². The summed E-state index contributed by atoms with van der Waals surface area (Å²) >= 11 is 1.26. The van der Waals surface area contributed by atoms with Crippen molar-refractivity contribution in [3.05, 3.63) is 169 Å². The van der Waals surface area contributed by atoms with E-state index in [0.717, 1.165) is 18.4 Å². The van der Waals surface area contributed by atoms with Gasteiger partial charge < -0.3 is 57.1 Å². The Hall–Kier alpha value is -8.87. The van der Waals surface area contributed by atoms with E-state index < -0.39 is 75.0 Å². The molecule has 0 spiro atoms. The highest BCUT2D eigenvalue weighted by molar-refractivity contribution is 7.86. The highest BCUT2D eigenvalue weighted by atomic mass is 32.2. The van der Waals surface area contributed by atoms with Crippen LogP contribution in [0, 0.1) is 18.3 Å². The number of quaternary nitrogens is 1. The lowest BCUT2D eigenvalue weighted by molar-refractivity contribution is -0.911. The number of pyridine rings is 1. The van der Waals surface area contributed by atoms with Crippen LogP contribution in [-0.4, -0.2) is 144 Å². The third-order valence-corrected chi connectivity index (χ3v) is 18.6. The van der Waals surface area contributed by atoms with Gasteiger partial charge in [-0.25, -0.2) is 14.6 Å². The Morgan fingerprint density at radius 1 is 0.769 bits per heavy atom. The highest BCUT2D eigenvalue weighted by Crippen LogP contribution is 2.42. The van der Waals surface area contributed by atoms with Crippen molar-refractivity contribution in [1.29, 1.82) is 0 Å². The molecule has 9 rings (SSSR count). The lowest BCUT2D eigenvalue weighted by Crippen LogP contribution is -2.66. The molecule has 6 aromatic rings. The number of fused-ring (bicyclic) bond motifs is 1. The van der Waals surface area contributed by atoms with Gasteiger partial charge in [-0.3, -0.25) is 28.3 Å². The number of benzene rings is 4. The van der Waals surface area contributed by atoms with Gasteiger partial charge >= 0.3 is 11.9 Å². The molecule has 1 N–H and O–H groups in total. The van der Waals surface area contributed by atoms with Gasteiger partial charge in [-0.15, -0.1) is 11.3 Å². The number of carbonyl (C=O) groups is 5. The molecule has 2 saturated heterocycles. The van der Waals surface area contributed by atoms with Crippen molar-refractivity contribution in [3.8, 4) is 34.5 Å². The van der Waals surface area contributed by atoms with Gasteiger partial charge in [-0.05, 0) is 77.6 Å². The average Bonchev–Trinajstić information content (AvgIpc) is 0.999. The van der Waals surface area contributed by atoms with E-state index in [1.807, 2.05) is 39.0 Å². The van der Waals surface area contributed by atoms with E-state index in [-0.39, 0.29) is 80.2 Å². The minimum atomic E-state index is -1.83. The number of ether oxygens (including phenoxy) is 8. The molecule has 5 heterocycles. The maximum atomic E-state index is 14.8. The molecule has 2 aromatic heterocycles. The van der Waals surface area contributed by atoms with Gasteiger partial charge in [-0.2, -0.15) is 0 Å². The Bertz CT molecular complexity index is 3760. The molecule has 0 radical (unpaired) electrons. The Kier molecular flexibility index (Phi) is 21.8. The summed E-state index contributed by atoms with van der Waals surface area (Å²) in [5.74, 6) is -1.58. The average molecular weight is 1290 g/mol. The number of oxime groups is 1. The minimum Gasteiger partial charge on any atom is -0.497 e. The second-order valence-electron chi connectivity index (χ2n) is 23.7. The number of methoxy groups -OCH3 is 5. The molecule has 0 saturated carbocycles. The van der Waals surface area contributed by atoms with Crippen molar-refractivity contribution in [1.82, 2.24) is 19.8 Å². The summed E-state index contributed by atoms with van der Waals surface area (Å²) in [5, 5.41) is 8.48. The number of β-lactam (4-membered cyclic amide) rings is 1. The third-order valence-electron chi connectivity index (χ3n) is 16.1. The third kappa shape index (κ3) is 16.6. The lowest BCUT2D eigenvalue weighted by atomic mass is 9.89. The number of hydrogen-bond donors (Lipinski definition) is 1. The first-order valence-electron chi connectivity index (χ1n) is 29.8. The molecule has 2 amide bonds. The molecule has 4 atom stereocenters. The van der Waals surface area contributed by atoms with Crippen LogP contribution in [0.15, 0.2) is 130 Å². The van der Waals surface area contributed by atoms with Crippen LogP contribution >= 0.6 is 11.3 Å². The number of likely N-dealkylation sites (tertiary alicyclic amines) is 1. The van der Waals surface area contributed by atoms with Crippen LogP contribution in [0.1, 0.15) is 89.9 Å². The molecule has 0 bridgehead atoms. The molecular weight excluding hydrogens is 1210 g/mol. The maximum absolute atomic E-state index is 14.8. The van der Waals surface area contributed by atoms with Crippen LogP contribution < -0.4 is 39.2 Å². The molecule has 1 unspecified atom stereocenters. The molecule has 4 aromatic carbocycles. The van der Waals surface area contributed by atoms with Gasteiger partial charge in [0.1, 0.15) is 77.6 Å². The largest absolute Gasteiger partial charge is 0.497 e. The fraction of sp³-hybridized carbons (Fsp3) is 0.403. The number of nitrogens with one attached hydrogen (secondary N) is 1. The van der Waals surface area contributed by atoms with Crippen LogP contribution in [0.5, 0.6) is 34.5 Å². The molecule has 24 heteroatoms. The van der Waals surface area contributed by atoms with Gasteiger partial charge in [0.05, 0.1) is 91.1 Å². The van der Waals surface area contributed by atoms with Crippen LogP contribution in [0.4, 0.5) is 0 Å². The quantitative estimate of drug-likeness (QED) is 0.0153. The number of thiazole rings is 1. The number of carbonyl (C=O) groups excluding carboxylic acids is 5. The number of amides is 2. The second-order valence-corrected chi connectivity index (χ2v) is 26.3. The van der Waals surface area contributed by atoms with Gasteiger partial charge in [0.15, 0.2) is 17.2 Å². The molecule has 3 aliphatic rings. The monoisotopic (exact) mass is 1290 g/mol. The summed E-state index contributed by atoms with van der Waals surface area (Å²) in [7, 11) is 5.91. The number of aromatic nitrogens is 2. The Balaban J connectivity index is 0.957. The number of aryl methyl sites for hydroxylation is 1. The highest BCUT2D eigenvalue weighted by Gasteiger charge is 2.58. The van der Waals surface area contributed by atoms with Crippen molar-refractivity contribution < 1.29 is 75.4 Å². The minimum absolute atomic E-state index is 0.0241. The molecule has 0 aliphatic carbocycles. The molecule has 482 valence electrons. The van der Waals surface area contributed by atoms with E-state index in [4.69, 9.17) is 42.7 Å². The van der Waals surface area contributed by atoms with E-state index in [1.165, 1.54) is 35.6 Å². The van der Waals surface area contributed by atoms with Crippen LogP contribution in [0.25, 0.3) is 0 Å². The first kappa shape index (κ1) is 66.5. The van der Waals surface area contributed by atoms with Crippen molar-refractivity contribution in [2.24, 2.45) is 16.5 Å². The molecule has 22 nitrogen and oxygen atoms in total. The first-order valence-corrected chi connectivity index (χ1v) is 32.0. The van der Waals surface area contributed by atoms with E-state index in [2.05, 4.69) is 15.5 Å². The second kappa shape index (κ2) is 29.8. The zero-order chi connectivity index (χ0) is 65.0. The maximum Gasteiger partial charge on any atom is 0.355 e. The van der Waals surface area contributed by atoms with Crippen LogP contribution in [0.2, 0.25) is 0 Å². The van der Waals surface area contributed by atoms with Crippen molar-refractivity contribution >= 4 is 57.4 Å². The van der Waals surface area contributed by atoms with Crippen LogP contribution in [-0.2, 0) is 70.7 Å². The number of esters is 2. The zero-order valence-corrected chi connectivity index (χ0v) is 54.2.